The molecule has 0 amide bonds. The van der Waals surface area contributed by atoms with Gasteiger partial charge in [0.05, 0.1) is 0 Å². The van der Waals surface area contributed by atoms with E-state index >= 15 is 0 Å². The van der Waals surface area contributed by atoms with Gasteiger partial charge in [-0.25, -0.2) is 0 Å². The van der Waals surface area contributed by atoms with Crippen molar-refractivity contribution in [2.75, 3.05) is 0 Å². The lowest BCUT2D eigenvalue weighted by Gasteiger charge is -2.06. The monoisotopic (exact) mass is 273 g/mol. The van der Waals surface area contributed by atoms with Crippen LogP contribution in [0.25, 0.3) is 11.6 Å². The molecule has 96 valence electrons. The van der Waals surface area contributed by atoms with E-state index in [2.05, 4.69) is 14.7 Å². The lowest BCUT2D eigenvalue weighted by Crippen LogP contribution is -2.00. The number of hydrogen-bond acceptors (Lipinski definition) is 3. The highest BCUT2D eigenvalue weighted by Crippen LogP contribution is 2.20. The Bertz CT molecular complexity index is 685. The molecule has 0 saturated heterocycles. The molecule has 0 radical (unpaired) electrons. The number of rotatable bonds is 3. The van der Waals surface area contributed by atoms with Gasteiger partial charge < -0.3 is 9.09 Å². The Morgan fingerprint density at radius 3 is 2.68 bits per heavy atom. The predicted molar refractivity (Wildman–Crippen MR) is 73.0 cm³/mol. The van der Waals surface area contributed by atoms with Crippen molar-refractivity contribution >= 4 is 11.6 Å². The highest BCUT2D eigenvalue weighted by atomic mass is 35.5. The first-order valence-corrected chi connectivity index (χ1v) is 6.30. The number of benzene rings is 1. The normalized spacial score (nSPS) is 10.8. The number of halogens is 1. The van der Waals surface area contributed by atoms with Crippen LogP contribution in [0.2, 0.25) is 5.02 Å². The van der Waals surface area contributed by atoms with E-state index in [4.69, 9.17) is 16.1 Å². The Kier molecular flexibility index (Phi) is 3.09. The fourth-order valence-corrected chi connectivity index (χ4v) is 2.06. The largest absolute Gasteiger partial charge is 0.339 e. The molecule has 2 aromatic heterocycles. The minimum atomic E-state index is 0.538. The Morgan fingerprint density at radius 1 is 1.21 bits per heavy atom. The summed E-state index contributed by atoms with van der Waals surface area (Å²) in [6, 6.07) is 11.7. The van der Waals surface area contributed by atoms with Crippen LogP contribution in [-0.4, -0.2) is 14.7 Å². The van der Waals surface area contributed by atoms with Gasteiger partial charge in [-0.2, -0.15) is 4.98 Å². The number of hydrogen-bond donors (Lipinski definition) is 0. The summed E-state index contributed by atoms with van der Waals surface area (Å²) in [5, 5.41) is 4.56. The third-order valence-corrected chi connectivity index (χ3v) is 3.09. The second-order valence-corrected chi connectivity index (χ2v) is 4.73. The summed E-state index contributed by atoms with van der Waals surface area (Å²) >= 11 is 5.88. The van der Waals surface area contributed by atoms with Crippen molar-refractivity contribution in [1.82, 2.24) is 14.7 Å². The van der Waals surface area contributed by atoms with Gasteiger partial charge in [-0.3, -0.25) is 0 Å². The number of aromatic nitrogens is 3. The summed E-state index contributed by atoms with van der Waals surface area (Å²) in [6.45, 7) is 2.54. The van der Waals surface area contributed by atoms with Gasteiger partial charge in [-0.1, -0.05) is 28.9 Å². The molecule has 0 aliphatic carbocycles. The molecule has 0 aliphatic heterocycles. The van der Waals surface area contributed by atoms with Gasteiger partial charge >= 0.3 is 0 Å². The maximum Gasteiger partial charge on any atom is 0.274 e. The van der Waals surface area contributed by atoms with Crippen LogP contribution in [0.3, 0.4) is 0 Å². The Labute approximate surface area is 115 Å². The minimum absolute atomic E-state index is 0.538. The minimum Gasteiger partial charge on any atom is -0.339 e. The summed E-state index contributed by atoms with van der Waals surface area (Å²) in [5.41, 5.74) is 2.08. The molecule has 2 heterocycles. The summed E-state index contributed by atoms with van der Waals surface area (Å²) in [4.78, 5) is 4.25. The van der Waals surface area contributed by atoms with Gasteiger partial charge in [0, 0.05) is 17.8 Å². The molecule has 0 N–H and O–H groups in total. The van der Waals surface area contributed by atoms with Crippen molar-refractivity contribution in [3.8, 4) is 11.6 Å². The number of nitrogens with zero attached hydrogens (tertiary/aromatic N) is 3. The van der Waals surface area contributed by atoms with Crippen molar-refractivity contribution in [1.29, 1.82) is 0 Å². The molecule has 0 bridgehead atoms. The maximum atomic E-state index is 5.88. The SMILES string of the molecule is Cc1noc(-c2cccn2Cc2ccc(Cl)cc2)n1. The van der Waals surface area contributed by atoms with Crippen molar-refractivity contribution in [3.05, 3.63) is 59.0 Å². The van der Waals surface area contributed by atoms with E-state index in [0.717, 1.165) is 22.8 Å². The summed E-state index contributed by atoms with van der Waals surface area (Å²) in [6.07, 6.45) is 1.99. The van der Waals surface area contributed by atoms with Gasteiger partial charge in [0.15, 0.2) is 5.82 Å². The molecule has 0 unspecified atom stereocenters. The van der Waals surface area contributed by atoms with Crippen molar-refractivity contribution in [2.24, 2.45) is 0 Å². The number of aryl methyl sites for hydroxylation is 1. The third-order valence-electron chi connectivity index (χ3n) is 2.84. The van der Waals surface area contributed by atoms with Gasteiger partial charge in [-0.05, 0) is 36.8 Å². The molecule has 19 heavy (non-hydrogen) atoms. The quantitative estimate of drug-likeness (QED) is 0.733. The summed E-state index contributed by atoms with van der Waals surface area (Å²) in [7, 11) is 0. The first kappa shape index (κ1) is 12.0. The second kappa shape index (κ2) is 4.90. The average Bonchev–Trinajstić information content (AvgIpc) is 3.01. The van der Waals surface area contributed by atoms with Crippen LogP contribution in [0.1, 0.15) is 11.4 Å². The molecule has 3 rings (SSSR count). The lowest BCUT2D eigenvalue weighted by atomic mass is 10.2. The van der Waals surface area contributed by atoms with Crippen LogP contribution in [0, 0.1) is 6.92 Å². The predicted octanol–water partition coefficient (Wildman–Crippen LogP) is 3.55. The van der Waals surface area contributed by atoms with Crippen molar-refractivity contribution < 1.29 is 4.52 Å². The van der Waals surface area contributed by atoms with Crippen molar-refractivity contribution in [3.63, 3.8) is 0 Å². The van der Waals surface area contributed by atoms with Crippen LogP contribution in [0.4, 0.5) is 0 Å². The van der Waals surface area contributed by atoms with Crippen LogP contribution in [0.5, 0.6) is 0 Å². The van der Waals surface area contributed by atoms with E-state index in [1.165, 1.54) is 0 Å². The fourth-order valence-electron chi connectivity index (χ4n) is 1.93. The lowest BCUT2D eigenvalue weighted by molar-refractivity contribution is 0.422. The zero-order valence-electron chi connectivity index (χ0n) is 10.4. The van der Waals surface area contributed by atoms with Crippen molar-refractivity contribution in [2.45, 2.75) is 13.5 Å². The van der Waals surface area contributed by atoms with Gasteiger partial charge in [-0.15, -0.1) is 0 Å². The van der Waals surface area contributed by atoms with Crippen LogP contribution >= 0.6 is 11.6 Å². The molecule has 4 nitrogen and oxygen atoms in total. The highest BCUT2D eigenvalue weighted by Gasteiger charge is 2.11. The van der Waals surface area contributed by atoms with E-state index in [0.29, 0.717) is 11.7 Å². The first-order valence-electron chi connectivity index (χ1n) is 5.92. The smallest absolute Gasteiger partial charge is 0.274 e. The van der Waals surface area contributed by atoms with E-state index in [1.807, 2.05) is 42.6 Å². The molecule has 0 saturated carbocycles. The van der Waals surface area contributed by atoms with Gasteiger partial charge in [0.1, 0.15) is 5.69 Å². The van der Waals surface area contributed by atoms with Crippen LogP contribution in [-0.2, 0) is 6.54 Å². The molecular formula is C14H12ClN3O. The zero-order valence-corrected chi connectivity index (χ0v) is 11.1. The zero-order chi connectivity index (χ0) is 13.2. The van der Waals surface area contributed by atoms with Gasteiger partial charge in [0.25, 0.3) is 5.89 Å². The molecule has 0 spiro atoms. The van der Waals surface area contributed by atoms with Crippen LogP contribution in [0.15, 0.2) is 47.1 Å². The first-order chi connectivity index (χ1) is 9.22. The summed E-state index contributed by atoms with van der Waals surface area (Å²) < 4.78 is 7.27. The standard InChI is InChI=1S/C14H12ClN3O/c1-10-16-14(19-17-10)13-3-2-8-18(13)9-11-4-6-12(15)7-5-11/h2-8H,9H2,1H3. The van der Waals surface area contributed by atoms with E-state index < -0.39 is 0 Å². The Balaban J connectivity index is 1.90. The summed E-state index contributed by atoms with van der Waals surface area (Å²) in [5.74, 6) is 1.17. The Hall–Kier alpha value is -2.07. The molecule has 3 aromatic rings. The molecule has 0 aliphatic rings. The molecule has 0 atom stereocenters. The Morgan fingerprint density at radius 2 is 2.00 bits per heavy atom. The molecule has 0 fully saturated rings. The van der Waals surface area contributed by atoms with E-state index in [1.54, 1.807) is 6.92 Å². The average molecular weight is 274 g/mol. The maximum absolute atomic E-state index is 5.88. The van der Waals surface area contributed by atoms with Crippen LogP contribution < -0.4 is 0 Å². The third kappa shape index (κ3) is 2.53. The van der Waals surface area contributed by atoms with E-state index in [9.17, 15) is 0 Å². The van der Waals surface area contributed by atoms with Gasteiger partial charge in [0.2, 0.25) is 0 Å². The van der Waals surface area contributed by atoms with E-state index in [-0.39, 0.29) is 0 Å². The molecular weight excluding hydrogens is 262 g/mol. The fraction of sp³-hybridized carbons (Fsp3) is 0.143. The topological polar surface area (TPSA) is 43.9 Å². The molecule has 1 aromatic carbocycles. The second-order valence-electron chi connectivity index (χ2n) is 4.29. The molecule has 5 heteroatoms. The highest BCUT2D eigenvalue weighted by molar-refractivity contribution is 6.30.